The smallest absolute Gasteiger partial charge is 0.129 e. The Kier molecular flexibility index (Phi) is 2.94. The van der Waals surface area contributed by atoms with Gasteiger partial charge in [-0.15, -0.1) is 5.10 Å². The van der Waals surface area contributed by atoms with E-state index >= 15 is 0 Å². The molecule has 2 rings (SSSR count). The first kappa shape index (κ1) is 10.1. The molecule has 78 valence electrons. The zero-order valence-electron chi connectivity index (χ0n) is 7.97. The Morgan fingerprint density at radius 2 is 2.27 bits per heavy atom. The number of rotatable bonds is 3. The monoisotopic (exact) mass is 223 g/mol. The minimum Gasteiger partial charge on any atom is -0.325 e. The van der Waals surface area contributed by atoms with Crippen molar-refractivity contribution in [1.29, 1.82) is 0 Å². The lowest BCUT2D eigenvalue weighted by molar-refractivity contribution is 0.647. The molecule has 0 aliphatic carbocycles. The molecule has 2 aromatic rings. The van der Waals surface area contributed by atoms with Gasteiger partial charge in [0.25, 0.3) is 0 Å². The summed E-state index contributed by atoms with van der Waals surface area (Å²) in [5.74, 6) is 0. The summed E-state index contributed by atoms with van der Waals surface area (Å²) >= 11 is 5.68. The SMILES string of the molecule is NCc1cn(Cc2ccc(Cl)nc2)nn1. The van der Waals surface area contributed by atoms with Gasteiger partial charge in [0, 0.05) is 12.7 Å². The van der Waals surface area contributed by atoms with Gasteiger partial charge in [0.15, 0.2) is 0 Å². The first-order valence-corrected chi connectivity index (χ1v) is 4.85. The molecule has 0 radical (unpaired) electrons. The van der Waals surface area contributed by atoms with Crippen LogP contribution in [0, 0.1) is 0 Å². The molecule has 2 heterocycles. The Hall–Kier alpha value is -1.46. The van der Waals surface area contributed by atoms with Gasteiger partial charge in [0.1, 0.15) is 5.15 Å². The van der Waals surface area contributed by atoms with Crippen LogP contribution in [0.5, 0.6) is 0 Å². The normalized spacial score (nSPS) is 10.5. The summed E-state index contributed by atoms with van der Waals surface area (Å²) in [4.78, 5) is 3.98. The van der Waals surface area contributed by atoms with Gasteiger partial charge in [-0.2, -0.15) is 0 Å². The predicted molar refractivity (Wildman–Crippen MR) is 56.3 cm³/mol. The lowest BCUT2D eigenvalue weighted by Crippen LogP contribution is -2.00. The quantitative estimate of drug-likeness (QED) is 0.783. The molecule has 0 atom stereocenters. The summed E-state index contributed by atoms with van der Waals surface area (Å²) in [5.41, 5.74) is 7.23. The second kappa shape index (κ2) is 4.37. The Morgan fingerprint density at radius 1 is 1.40 bits per heavy atom. The highest BCUT2D eigenvalue weighted by molar-refractivity contribution is 6.29. The molecule has 0 amide bonds. The molecule has 6 heteroatoms. The summed E-state index contributed by atoms with van der Waals surface area (Å²) in [6.45, 7) is 1.02. The summed E-state index contributed by atoms with van der Waals surface area (Å²) < 4.78 is 1.72. The molecular weight excluding hydrogens is 214 g/mol. The first-order chi connectivity index (χ1) is 7.28. The number of nitrogens with zero attached hydrogens (tertiary/aromatic N) is 4. The van der Waals surface area contributed by atoms with Crippen LogP contribution in [0.4, 0.5) is 0 Å². The van der Waals surface area contributed by atoms with Crippen molar-refractivity contribution in [3.05, 3.63) is 40.9 Å². The van der Waals surface area contributed by atoms with Crippen molar-refractivity contribution >= 4 is 11.6 Å². The molecular formula is C9H10ClN5. The van der Waals surface area contributed by atoms with Crippen LogP contribution in [-0.4, -0.2) is 20.0 Å². The van der Waals surface area contributed by atoms with Gasteiger partial charge in [-0.05, 0) is 11.6 Å². The molecule has 0 unspecified atom stereocenters. The maximum Gasteiger partial charge on any atom is 0.129 e. The van der Waals surface area contributed by atoms with Crippen molar-refractivity contribution in [2.24, 2.45) is 5.73 Å². The molecule has 15 heavy (non-hydrogen) atoms. The van der Waals surface area contributed by atoms with E-state index in [1.165, 1.54) is 0 Å². The number of halogens is 1. The van der Waals surface area contributed by atoms with Crippen LogP contribution in [0.3, 0.4) is 0 Å². The number of pyridine rings is 1. The number of nitrogens with two attached hydrogens (primary N) is 1. The van der Waals surface area contributed by atoms with E-state index in [4.69, 9.17) is 17.3 Å². The predicted octanol–water partition coefficient (Wildman–Crippen LogP) is 0.834. The molecule has 2 N–H and O–H groups in total. The average molecular weight is 224 g/mol. The third kappa shape index (κ3) is 2.51. The highest BCUT2D eigenvalue weighted by atomic mass is 35.5. The second-order valence-electron chi connectivity index (χ2n) is 3.10. The summed E-state index contributed by atoms with van der Waals surface area (Å²) in [6.07, 6.45) is 3.53. The topological polar surface area (TPSA) is 69.6 Å². The van der Waals surface area contributed by atoms with Gasteiger partial charge in [0.05, 0.1) is 18.4 Å². The highest BCUT2D eigenvalue weighted by Gasteiger charge is 2.00. The molecule has 0 aliphatic rings. The Balaban J connectivity index is 2.11. The van der Waals surface area contributed by atoms with Gasteiger partial charge >= 0.3 is 0 Å². The number of hydrogen-bond donors (Lipinski definition) is 1. The Labute approximate surface area is 91.9 Å². The average Bonchev–Trinajstić information content (AvgIpc) is 2.69. The van der Waals surface area contributed by atoms with Crippen molar-refractivity contribution in [2.75, 3.05) is 0 Å². The zero-order chi connectivity index (χ0) is 10.7. The lowest BCUT2D eigenvalue weighted by Gasteiger charge is -1.99. The summed E-state index contributed by atoms with van der Waals surface area (Å²) in [6, 6.07) is 3.65. The van der Waals surface area contributed by atoms with E-state index in [2.05, 4.69) is 15.3 Å². The molecule has 0 saturated heterocycles. The van der Waals surface area contributed by atoms with Crippen molar-refractivity contribution in [3.8, 4) is 0 Å². The maximum atomic E-state index is 5.68. The molecule has 0 aliphatic heterocycles. The maximum absolute atomic E-state index is 5.68. The van der Waals surface area contributed by atoms with Gasteiger partial charge in [-0.3, -0.25) is 0 Å². The van der Waals surface area contributed by atoms with Crippen LogP contribution in [-0.2, 0) is 13.1 Å². The van der Waals surface area contributed by atoms with Crippen molar-refractivity contribution in [2.45, 2.75) is 13.1 Å². The summed E-state index contributed by atoms with van der Waals surface area (Å²) in [5, 5.41) is 8.31. The minimum atomic E-state index is 0.402. The fourth-order valence-electron chi connectivity index (χ4n) is 1.20. The molecule has 0 spiro atoms. The number of aromatic nitrogens is 4. The van der Waals surface area contributed by atoms with Crippen LogP contribution in [0.2, 0.25) is 5.15 Å². The fraction of sp³-hybridized carbons (Fsp3) is 0.222. The van der Waals surface area contributed by atoms with E-state index < -0.39 is 0 Å². The van der Waals surface area contributed by atoms with Crippen LogP contribution in [0.1, 0.15) is 11.3 Å². The van der Waals surface area contributed by atoms with Crippen molar-refractivity contribution in [1.82, 2.24) is 20.0 Å². The third-order valence-corrected chi connectivity index (χ3v) is 2.15. The molecule has 5 nitrogen and oxygen atoms in total. The fourth-order valence-corrected chi connectivity index (χ4v) is 1.31. The standard InChI is InChI=1S/C9H10ClN5/c10-9-2-1-7(4-12-9)5-15-6-8(3-11)13-14-15/h1-2,4,6H,3,5,11H2. The van der Waals surface area contributed by atoms with Gasteiger partial charge in [-0.25, -0.2) is 9.67 Å². The van der Waals surface area contributed by atoms with Crippen LogP contribution in [0.25, 0.3) is 0 Å². The molecule has 0 bridgehead atoms. The van der Waals surface area contributed by atoms with Gasteiger partial charge in [-0.1, -0.05) is 22.9 Å². The minimum absolute atomic E-state index is 0.402. The van der Waals surface area contributed by atoms with E-state index in [1.54, 1.807) is 16.9 Å². The largest absolute Gasteiger partial charge is 0.325 e. The van der Waals surface area contributed by atoms with E-state index in [0.717, 1.165) is 11.3 Å². The lowest BCUT2D eigenvalue weighted by atomic mass is 10.3. The Bertz CT molecular complexity index is 436. The third-order valence-electron chi connectivity index (χ3n) is 1.93. The Morgan fingerprint density at radius 3 is 2.87 bits per heavy atom. The first-order valence-electron chi connectivity index (χ1n) is 4.47. The van der Waals surface area contributed by atoms with Crippen molar-refractivity contribution in [3.63, 3.8) is 0 Å². The molecule has 0 saturated carbocycles. The van der Waals surface area contributed by atoms with E-state index in [0.29, 0.717) is 18.2 Å². The van der Waals surface area contributed by atoms with Crippen LogP contribution >= 0.6 is 11.6 Å². The molecule has 0 fully saturated rings. The molecule has 2 aromatic heterocycles. The van der Waals surface area contributed by atoms with E-state index in [1.807, 2.05) is 12.3 Å². The summed E-state index contributed by atoms with van der Waals surface area (Å²) in [7, 11) is 0. The van der Waals surface area contributed by atoms with Crippen LogP contribution < -0.4 is 5.73 Å². The van der Waals surface area contributed by atoms with Gasteiger partial charge in [0.2, 0.25) is 0 Å². The van der Waals surface area contributed by atoms with Crippen LogP contribution in [0.15, 0.2) is 24.5 Å². The number of hydrogen-bond acceptors (Lipinski definition) is 4. The molecule has 0 aromatic carbocycles. The van der Waals surface area contributed by atoms with Gasteiger partial charge < -0.3 is 5.73 Å². The second-order valence-corrected chi connectivity index (χ2v) is 3.49. The van der Waals surface area contributed by atoms with E-state index in [-0.39, 0.29) is 0 Å². The van der Waals surface area contributed by atoms with E-state index in [9.17, 15) is 0 Å². The zero-order valence-corrected chi connectivity index (χ0v) is 8.72. The van der Waals surface area contributed by atoms with Crippen molar-refractivity contribution < 1.29 is 0 Å². The highest BCUT2D eigenvalue weighted by Crippen LogP contribution is 2.06.